The minimum atomic E-state index is -4.26. The van der Waals surface area contributed by atoms with Crippen molar-refractivity contribution in [3.63, 3.8) is 0 Å². The van der Waals surface area contributed by atoms with Crippen LogP contribution >= 0.6 is 0 Å². The lowest BCUT2D eigenvalue weighted by molar-refractivity contribution is -0.143. The number of carbonyl (C=O) groups excluding carboxylic acids is 1. The molecule has 0 aliphatic heterocycles. The maximum Gasteiger partial charge on any atom is 0.389 e. The number of hydrogen-bond donors (Lipinski definition) is 0. The summed E-state index contributed by atoms with van der Waals surface area (Å²) in [5.74, 6) is -0.426. The van der Waals surface area contributed by atoms with Crippen LogP contribution in [0, 0.1) is 0 Å². The van der Waals surface area contributed by atoms with Crippen LogP contribution in [0.2, 0.25) is 0 Å². The van der Waals surface area contributed by atoms with E-state index in [1.54, 1.807) is 0 Å². The van der Waals surface area contributed by atoms with Crippen LogP contribution in [0.15, 0.2) is 0 Å². The molecule has 0 bridgehead atoms. The van der Waals surface area contributed by atoms with Crippen molar-refractivity contribution in [3.05, 3.63) is 0 Å². The Morgan fingerprint density at radius 3 is 2.33 bits per heavy atom. The Balaban J connectivity index is 3.34. The van der Waals surface area contributed by atoms with Crippen molar-refractivity contribution in [2.45, 2.75) is 25.4 Å². The van der Waals surface area contributed by atoms with Gasteiger partial charge in [0.1, 0.15) is 5.78 Å². The van der Waals surface area contributed by atoms with Gasteiger partial charge in [0.05, 0.1) is 26.2 Å². The molecule has 0 rings (SSSR count). The molecule has 0 saturated carbocycles. The first-order chi connectivity index (χ1) is 6.95. The summed E-state index contributed by atoms with van der Waals surface area (Å²) in [6, 6.07) is 0. The van der Waals surface area contributed by atoms with Crippen molar-refractivity contribution in [3.8, 4) is 0 Å². The number of carbonyl (C=O) groups is 1. The molecule has 0 spiro atoms. The smallest absolute Gasteiger partial charge is 0.382 e. The number of rotatable bonds is 8. The van der Waals surface area contributed by atoms with E-state index in [0.717, 1.165) is 0 Å². The molecule has 6 heteroatoms. The van der Waals surface area contributed by atoms with Crippen molar-refractivity contribution >= 4 is 5.78 Å². The SMILES string of the molecule is COCCOCCC(=O)CCC(F)(F)F. The molecule has 0 aliphatic carbocycles. The summed E-state index contributed by atoms with van der Waals surface area (Å²) in [5.41, 5.74) is 0. The predicted molar refractivity (Wildman–Crippen MR) is 47.6 cm³/mol. The Hall–Kier alpha value is -0.620. The molecule has 3 nitrogen and oxygen atoms in total. The number of Topliss-reactive ketones (excluding diaryl/α,β-unsaturated/α-hetero) is 1. The molecule has 0 saturated heterocycles. The van der Waals surface area contributed by atoms with Crippen molar-refractivity contribution in [1.82, 2.24) is 0 Å². The number of alkyl halides is 3. The van der Waals surface area contributed by atoms with Gasteiger partial charge in [0.25, 0.3) is 0 Å². The molecule has 0 atom stereocenters. The van der Waals surface area contributed by atoms with Gasteiger partial charge < -0.3 is 9.47 Å². The summed E-state index contributed by atoms with van der Waals surface area (Å²) in [6.45, 7) is 0.917. The molecular weight excluding hydrogens is 213 g/mol. The molecule has 0 radical (unpaired) electrons. The fraction of sp³-hybridized carbons (Fsp3) is 0.889. The van der Waals surface area contributed by atoms with Crippen molar-refractivity contribution < 1.29 is 27.4 Å². The second kappa shape index (κ2) is 7.64. The van der Waals surface area contributed by atoms with Crippen LogP contribution < -0.4 is 0 Å². The standard InChI is InChI=1S/C9H15F3O3/c1-14-6-7-15-5-3-8(13)2-4-9(10,11)12/h2-7H2,1H3. The number of halogens is 3. The van der Waals surface area contributed by atoms with Crippen molar-refractivity contribution in [2.24, 2.45) is 0 Å². The maximum absolute atomic E-state index is 11.7. The summed E-state index contributed by atoms with van der Waals surface area (Å²) in [7, 11) is 1.51. The van der Waals surface area contributed by atoms with E-state index in [4.69, 9.17) is 4.74 Å². The van der Waals surface area contributed by atoms with Crippen LogP contribution in [0.4, 0.5) is 13.2 Å². The monoisotopic (exact) mass is 228 g/mol. The number of hydrogen-bond acceptors (Lipinski definition) is 3. The van der Waals surface area contributed by atoms with Gasteiger partial charge in [0.15, 0.2) is 0 Å². The lowest BCUT2D eigenvalue weighted by atomic mass is 10.2. The summed E-state index contributed by atoms with van der Waals surface area (Å²) in [4.78, 5) is 10.9. The zero-order valence-corrected chi connectivity index (χ0v) is 8.60. The van der Waals surface area contributed by atoms with E-state index < -0.39 is 24.8 Å². The Bertz CT molecular complexity index is 180. The van der Waals surface area contributed by atoms with E-state index in [0.29, 0.717) is 13.2 Å². The average molecular weight is 228 g/mol. The molecule has 15 heavy (non-hydrogen) atoms. The molecule has 0 aromatic heterocycles. The summed E-state index contributed by atoms with van der Waals surface area (Å²) < 4.78 is 44.7. The minimum Gasteiger partial charge on any atom is -0.382 e. The zero-order chi connectivity index (χ0) is 11.7. The highest BCUT2D eigenvalue weighted by atomic mass is 19.4. The third-order valence-electron chi connectivity index (χ3n) is 1.64. The van der Waals surface area contributed by atoms with Gasteiger partial charge in [0, 0.05) is 20.0 Å². The summed E-state index contributed by atoms with van der Waals surface area (Å²) in [6.07, 6.45) is -5.74. The van der Waals surface area contributed by atoms with E-state index in [2.05, 4.69) is 4.74 Å². The van der Waals surface area contributed by atoms with E-state index in [-0.39, 0.29) is 13.0 Å². The fourth-order valence-corrected chi connectivity index (χ4v) is 0.836. The lowest BCUT2D eigenvalue weighted by Gasteiger charge is -2.05. The molecule has 0 aromatic carbocycles. The van der Waals surface area contributed by atoms with Gasteiger partial charge in [-0.15, -0.1) is 0 Å². The normalized spacial score (nSPS) is 11.7. The van der Waals surface area contributed by atoms with Crippen LogP contribution in [-0.2, 0) is 14.3 Å². The molecule has 0 N–H and O–H groups in total. The Morgan fingerprint density at radius 2 is 1.80 bits per heavy atom. The number of ether oxygens (including phenoxy) is 2. The van der Waals surface area contributed by atoms with E-state index in [1.165, 1.54) is 7.11 Å². The molecule has 0 aromatic rings. The van der Waals surface area contributed by atoms with Crippen LogP contribution in [0.5, 0.6) is 0 Å². The highest BCUT2D eigenvalue weighted by Gasteiger charge is 2.27. The third kappa shape index (κ3) is 11.3. The fourth-order valence-electron chi connectivity index (χ4n) is 0.836. The van der Waals surface area contributed by atoms with Gasteiger partial charge in [-0.1, -0.05) is 0 Å². The van der Waals surface area contributed by atoms with Crippen LogP contribution in [0.3, 0.4) is 0 Å². The molecule has 0 heterocycles. The molecule has 0 fully saturated rings. The maximum atomic E-state index is 11.7. The van der Waals surface area contributed by atoms with Crippen molar-refractivity contribution in [1.29, 1.82) is 0 Å². The van der Waals surface area contributed by atoms with Crippen molar-refractivity contribution in [2.75, 3.05) is 26.9 Å². The average Bonchev–Trinajstić information content (AvgIpc) is 2.13. The Labute approximate surface area is 86.5 Å². The molecule has 0 amide bonds. The number of ketones is 1. The van der Waals surface area contributed by atoms with Crippen LogP contribution in [-0.4, -0.2) is 38.9 Å². The quantitative estimate of drug-likeness (QED) is 0.596. The Kier molecular flexibility index (Phi) is 7.33. The highest BCUT2D eigenvalue weighted by Crippen LogP contribution is 2.21. The summed E-state index contributed by atoms with van der Waals surface area (Å²) >= 11 is 0. The second-order valence-corrected chi connectivity index (χ2v) is 3.01. The minimum absolute atomic E-state index is 0.0276. The first-order valence-corrected chi connectivity index (χ1v) is 4.61. The van der Waals surface area contributed by atoms with Crippen LogP contribution in [0.1, 0.15) is 19.3 Å². The van der Waals surface area contributed by atoms with E-state index in [9.17, 15) is 18.0 Å². The summed E-state index contributed by atoms with van der Waals surface area (Å²) in [5, 5.41) is 0. The third-order valence-corrected chi connectivity index (χ3v) is 1.64. The topological polar surface area (TPSA) is 35.5 Å². The van der Waals surface area contributed by atoms with Gasteiger partial charge in [-0.2, -0.15) is 13.2 Å². The van der Waals surface area contributed by atoms with Crippen LogP contribution in [0.25, 0.3) is 0 Å². The molecule has 90 valence electrons. The van der Waals surface area contributed by atoms with Gasteiger partial charge in [-0.25, -0.2) is 0 Å². The molecular formula is C9H15F3O3. The van der Waals surface area contributed by atoms with Gasteiger partial charge >= 0.3 is 6.18 Å². The van der Waals surface area contributed by atoms with E-state index in [1.807, 2.05) is 0 Å². The van der Waals surface area contributed by atoms with Gasteiger partial charge in [-0.3, -0.25) is 4.79 Å². The Morgan fingerprint density at radius 1 is 1.13 bits per heavy atom. The zero-order valence-electron chi connectivity index (χ0n) is 8.60. The predicted octanol–water partition coefficient (Wildman–Crippen LogP) is 1.95. The first kappa shape index (κ1) is 14.4. The lowest BCUT2D eigenvalue weighted by Crippen LogP contribution is -2.12. The van der Waals surface area contributed by atoms with E-state index >= 15 is 0 Å². The van der Waals surface area contributed by atoms with Gasteiger partial charge in [-0.05, 0) is 0 Å². The highest BCUT2D eigenvalue weighted by molar-refractivity contribution is 5.78. The second-order valence-electron chi connectivity index (χ2n) is 3.01. The largest absolute Gasteiger partial charge is 0.389 e. The molecule has 0 aliphatic rings. The first-order valence-electron chi connectivity index (χ1n) is 4.61. The molecule has 0 unspecified atom stereocenters. The van der Waals surface area contributed by atoms with Gasteiger partial charge in [0.2, 0.25) is 0 Å². The number of methoxy groups -OCH3 is 1.